The Labute approximate surface area is 81.9 Å². The van der Waals surface area contributed by atoms with E-state index < -0.39 is 5.60 Å². The van der Waals surface area contributed by atoms with Crippen molar-refractivity contribution < 1.29 is 5.11 Å². The van der Waals surface area contributed by atoms with Crippen LogP contribution in [0.2, 0.25) is 0 Å². The van der Waals surface area contributed by atoms with Crippen molar-refractivity contribution in [3.63, 3.8) is 0 Å². The van der Waals surface area contributed by atoms with E-state index in [4.69, 9.17) is 0 Å². The zero-order valence-corrected chi connectivity index (χ0v) is 9.35. The van der Waals surface area contributed by atoms with E-state index in [1.165, 1.54) is 0 Å². The summed E-state index contributed by atoms with van der Waals surface area (Å²) in [4.78, 5) is 0. The number of hydrogen-bond donors (Lipinski definition) is 1. The Hall–Kier alpha value is -0.300. The molecule has 1 nitrogen and oxygen atoms in total. The largest absolute Gasteiger partial charge is 0.385 e. The molecule has 2 unspecified atom stereocenters. The third-order valence-corrected chi connectivity index (χ3v) is 3.60. The predicted molar refractivity (Wildman–Crippen MR) is 56.6 cm³/mol. The van der Waals surface area contributed by atoms with Gasteiger partial charge in [0.1, 0.15) is 0 Å². The van der Waals surface area contributed by atoms with Crippen molar-refractivity contribution >= 4 is 0 Å². The first-order valence-corrected chi connectivity index (χ1v) is 5.16. The summed E-state index contributed by atoms with van der Waals surface area (Å²) in [6.07, 6.45) is 3.06. The molecule has 1 N–H and O–H groups in total. The van der Waals surface area contributed by atoms with Crippen molar-refractivity contribution in [2.45, 2.75) is 52.6 Å². The van der Waals surface area contributed by atoms with E-state index in [1.807, 2.05) is 6.92 Å². The molecule has 1 fully saturated rings. The third kappa shape index (κ3) is 1.96. The van der Waals surface area contributed by atoms with Gasteiger partial charge in [0.2, 0.25) is 0 Å². The summed E-state index contributed by atoms with van der Waals surface area (Å²) >= 11 is 0. The summed E-state index contributed by atoms with van der Waals surface area (Å²) in [6, 6.07) is 0. The minimum Gasteiger partial charge on any atom is -0.385 e. The number of hydrogen-bond acceptors (Lipinski definition) is 1. The average Bonchev–Trinajstić information content (AvgIpc) is 1.96. The Kier molecular flexibility index (Phi) is 2.59. The number of rotatable bonds is 1. The summed E-state index contributed by atoms with van der Waals surface area (Å²) < 4.78 is 0. The fourth-order valence-corrected chi connectivity index (χ4v) is 2.51. The van der Waals surface area contributed by atoms with Gasteiger partial charge in [0.25, 0.3) is 0 Å². The summed E-state index contributed by atoms with van der Waals surface area (Å²) in [5.74, 6) is 0.341. The second kappa shape index (κ2) is 3.13. The molecule has 0 radical (unpaired) electrons. The van der Waals surface area contributed by atoms with Gasteiger partial charge in [0, 0.05) is 0 Å². The highest BCUT2D eigenvalue weighted by Crippen LogP contribution is 2.46. The molecule has 0 aromatic carbocycles. The highest BCUT2D eigenvalue weighted by molar-refractivity contribution is 5.14. The van der Waals surface area contributed by atoms with Crippen LogP contribution in [0, 0.1) is 11.3 Å². The van der Waals surface area contributed by atoms with Gasteiger partial charge in [0.05, 0.1) is 5.60 Å². The zero-order chi connectivity index (χ0) is 10.3. The van der Waals surface area contributed by atoms with Crippen molar-refractivity contribution in [1.29, 1.82) is 0 Å². The fraction of sp³-hybridized carbons (Fsp3) is 0.833. The second-order valence-corrected chi connectivity index (χ2v) is 5.47. The molecule has 0 spiro atoms. The van der Waals surface area contributed by atoms with Gasteiger partial charge in [-0.3, -0.25) is 0 Å². The molecule has 0 amide bonds. The average molecular weight is 182 g/mol. The fourth-order valence-electron chi connectivity index (χ4n) is 2.51. The maximum Gasteiger partial charge on any atom is 0.0877 e. The summed E-state index contributed by atoms with van der Waals surface area (Å²) in [5, 5.41) is 10.3. The van der Waals surface area contributed by atoms with E-state index in [0.29, 0.717) is 11.3 Å². The zero-order valence-electron chi connectivity index (χ0n) is 9.35. The predicted octanol–water partition coefficient (Wildman–Crippen LogP) is 3.14. The van der Waals surface area contributed by atoms with E-state index in [2.05, 4.69) is 27.4 Å². The molecular formula is C12H22O. The van der Waals surface area contributed by atoms with Gasteiger partial charge in [-0.25, -0.2) is 0 Å². The summed E-state index contributed by atoms with van der Waals surface area (Å²) in [7, 11) is 0. The summed E-state index contributed by atoms with van der Waals surface area (Å²) in [5.41, 5.74) is 0.715. The quantitative estimate of drug-likeness (QED) is 0.618. The Morgan fingerprint density at radius 3 is 2.31 bits per heavy atom. The molecule has 76 valence electrons. The van der Waals surface area contributed by atoms with E-state index >= 15 is 0 Å². The van der Waals surface area contributed by atoms with Crippen LogP contribution in [0.4, 0.5) is 0 Å². The molecule has 1 heteroatoms. The van der Waals surface area contributed by atoms with Crippen molar-refractivity contribution in [3.05, 3.63) is 12.2 Å². The molecule has 0 bridgehead atoms. The molecule has 1 rings (SSSR count). The Bertz CT molecular complexity index is 217. The van der Waals surface area contributed by atoms with E-state index in [1.54, 1.807) is 0 Å². The summed E-state index contributed by atoms with van der Waals surface area (Å²) in [6.45, 7) is 12.5. The van der Waals surface area contributed by atoms with Crippen LogP contribution in [0.5, 0.6) is 0 Å². The van der Waals surface area contributed by atoms with Crippen LogP contribution in [0.3, 0.4) is 0 Å². The highest BCUT2D eigenvalue weighted by atomic mass is 16.3. The molecule has 0 aromatic heterocycles. The van der Waals surface area contributed by atoms with Crippen LogP contribution >= 0.6 is 0 Å². The molecule has 0 heterocycles. The Balaban J connectivity index is 2.79. The van der Waals surface area contributed by atoms with E-state index in [-0.39, 0.29) is 0 Å². The minimum absolute atomic E-state index is 0.341. The van der Waals surface area contributed by atoms with E-state index in [9.17, 15) is 5.11 Å². The van der Waals surface area contributed by atoms with Crippen LogP contribution in [0.25, 0.3) is 0 Å². The number of aliphatic hydroxyl groups is 1. The monoisotopic (exact) mass is 182 g/mol. The van der Waals surface area contributed by atoms with Crippen LogP contribution in [-0.2, 0) is 0 Å². The lowest BCUT2D eigenvalue weighted by atomic mass is 9.63. The van der Waals surface area contributed by atoms with Gasteiger partial charge in [-0.2, -0.15) is 0 Å². The lowest BCUT2D eigenvalue weighted by Crippen LogP contribution is -2.44. The Morgan fingerprint density at radius 1 is 1.38 bits per heavy atom. The first-order valence-electron chi connectivity index (χ1n) is 5.16. The van der Waals surface area contributed by atoms with Crippen LogP contribution in [0.1, 0.15) is 47.0 Å². The van der Waals surface area contributed by atoms with Crippen LogP contribution in [-0.4, -0.2) is 10.7 Å². The van der Waals surface area contributed by atoms with Gasteiger partial charge >= 0.3 is 0 Å². The topological polar surface area (TPSA) is 20.2 Å². The maximum absolute atomic E-state index is 10.3. The lowest BCUT2D eigenvalue weighted by molar-refractivity contribution is -0.0415. The normalized spacial score (nSPS) is 38.7. The second-order valence-electron chi connectivity index (χ2n) is 5.47. The first-order chi connectivity index (χ1) is 5.78. The lowest BCUT2D eigenvalue weighted by Gasteiger charge is -2.45. The standard InChI is InChI=1S/C12H22O/c1-9(2)12(13)7-6-11(4,5)8-10(12)3/h10,13H,1,6-8H2,2-5H3. The first kappa shape index (κ1) is 10.8. The molecule has 2 atom stereocenters. The SMILES string of the molecule is C=C(C)C1(O)CCC(C)(C)CC1C. The van der Waals surface area contributed by atoms with Gasteiger partial charge in [-0.1, -0.05) is 27.4 Å². The molecule has 1 aliphatic rings. The van der Waals surface area contributed by atoms with Gasteiger partial charge < -0.3 is 5.11 Å². The van der Waals surface area contributed by atoms with Gasteiger partial charge in [-0.15, -0.1) is 0 Å². The third-order valence-electron chi connectivity index (χ3n) is 3.60. The van der Waals surface area contributed by atoms with Crippen molar-refractivity contribution in [1.82, 2.24) is 0 Å². The van der Waals surface area contributed by atoms with Crippen molar-refractivity contribution in [2.75, 3.05) is 0 Å². The smallest absolute Gasteiger partial charge is 0.0877 e. The van der Waals surface area contributed by atoms with Crippen LogP contribution in [0.15, 0.2) is 12.2 Å². The molecule has 1 aliphatic carbocycles. The molecule has 13 heavy (non-hydrogen) atoms. The molecular weight excluding hydrogens is 160 g/mol. The maximum atomic E-state index is 10.3. The molecule has 0 aromatic rings. The van der Waals surface area contributed by atoms with E-state index in [0.717, 1.165) is 24.8 Å². The Morgan fingerprint density at radius 2 is 1.92 bits per heavy atom. The van der Waals surface area contributed by atoms with Crippen LogP contribution < -0.4 is 0 Å². The molecule has 1 saturated carbocycles. The van der Waals surface area contributed by atoms with Gasteiger partial charge in [-0.05, 0) is 43.1 Å². The van der Waals surface area contributed by atoms with Gasteiger partial charge in [0.15, 0.2) is 0 Å². The van der Waals surface area contributed by atoms with Crippen molar-refractivity contribution in [2.24, 2.45) is 11.3 Å². The molecule has 0 aliphatic heterocycles. The van der Waals surface area contributed by atoms with Crippen molar-refractivity contribution in [3.8, 4) is 0 Å². The molecule has 0 saturated heterocycles. The minimum atomic E-state index is -0.602. The highest BCUT2D eigenvalue weighted by Gasteiger charge is 2.42.